The largest absolute Gasteiger partial charge is 0.353 e. The molecule has 1 aromatic carbocycles. The van der Waals surface area contributed by atoms with Gasteiger partial charge < -0.3 is 15.2 Å². The van der Waals surface area contributed by atoms with Crippen molar-refractivity contribution >= 4 is 11.6 Å². The lowest BCUT2D eigenvalue weighted by molar-refractivity contribution is -0.277. The van der Waals surface area contributed by atoms with E-state index in [2.05, 4.69) is 0 Å². The second-order valence-corrected chi connectivity index (χ2v) is 5.04. The van der Waals surface area contributed by atoms with Gasteiger partial charge in [0.1, 0.15) is 0 Å². The Balaban J connectivity index is 2.28. The Morgan fingerprint density at radius 1 is 1.24 bits per heavy atom. The van der Waals surface area contributed by atoms with Crippen molar-refractivity contribution in [3.8, 4) is 0 Å². The number of hydrogen-bond donors (Lipinski definition) is 1. The van der Waals surface area contributed by atoms with E-state index in [0.717, 1.165) is 23.4 Å². The summed E-state index contributed by atoms with van der Waals surface area (Å²) in [6.45, 7) is 0.547. The molecule has 0 spiro atoms. The maximum absolute atomic E-state index is 6.24. The first-order valence-corrected chi connectivity index (χ1v) is 6.05. The fourth-order valence-corrected chi connectivity index (χ4v) is 3.02. The number of benzene rings is 1. The van der Waals surface area contributed by atoms with E-state index in [-0.39, 0.29) is 5.41 Å². The van der Waals surface area contributed by atoms with Gasteiger partial charge in [0.15, 0.2) is 5.79 Å². The van der Waals surface area contributed by atoms with Gasteiger partial charge in [-0.3, -0.25) is 0 Å². The molecule has 1 aliphatic rings. The van der Waals surface area contributed by atoms with Crippen molar-refractivity contribution in [2.45, 2.75) is 24.0 Å². The van der Waals surface area contributed by atoms with Gasteiger partial charge in [0, 0.05) is 44.0 Å². The maximum atomic E-state index is 6.24. The van der Waals surface area contributed by atoms with Gasteiger partial charge in [-0.1, -0.05) is 29.8 Å². The van der Waals surface area contributed by atoms with Crippen molar-refractivity contribution in [3.05, 3.63) is 34.9 Å². The van der Waals surface area contributed by atoms with Crippen molar-refractivity contribution in [1.82, 2.24) is 0 Å². The molecule has 2 rings (SSSR count). The summed E-state index contributed by atoms with van der Waals surface area (Å²) in [6.07, 6.45) is 1.49. The number of rotatable bonds is 4. The molecule has 2 N–H and O–H groups in total. The van der Waals surface area contributed by atoms with E-state index >= 15 is 0 Å². The van der Waals surface area contributed by atoms with Crippen LogP contribution in [0, 0.1) is 0 Å². The van der Waals surface area contributed by atoms with E-state index in [9.17, 15) is 0 Å². The van der Waals surface area contributed by atoms with Crippen LogP contribution in [0.2, 0.25) is 5.02 Å². The lowest BCUT2D eigenvalue weighted by Gasteiger charge is -2.54. The molecule has 0 aliphatic heterocycles. The second kappa shape index (κ2) is 4.58. The fourth-order valence-electron chi connectivity index (χ4n) is 2.69. The lowest BCUT2D eigenvalue weighted by Crippen LogP contribution is -2.60. The van der Waals surface area contributed by atoms with E-state index < -0.39 is 5.79 Å². The van der Waals surface area contributed by atoms with Crippen molar-refractivity contribution in [1.29, 1.82) is 0 Å². The minimum atomic E-state index is -0.501. The quantitative estimate of drug-likeness (QED) is 0.840. The predicted octanol–water partition coefficient (Wildman–Crippen LogP) is 2.32. The van der Waals surface area contributed by atoms with Gasteiger partial charge in [-0.15, -0.1) is 0 Å². The molecule has 17 heavy (non-hydrogen) atoms. The molecule has 0 heterocycles. The predicted molar refractivity (Wildman–Crippen MR) is 68.2 cm³/mol. The van der Waals surface area contributed by atoms with Crippen LogP contribution in [0.4, 0.5) is 0 Å². The van der Waals surface area contributed by atoms with Crippen LogP contribution in [-0.4, -0.2) is 26.6 Å². The van der Waals surface area contributed by atoms with Gasteiger partial charge in [0.25, 0.3) is 0 Å². The van der Waals surface area contributed by atoms with E-state index in [1.54, 1.807) is 14.2 Å². The summed E-state index contributed by atoms with van der Waals surface area (Å²) in [6, 6.07) is 7.84. The Bertz CT molecular complexity index is 396. The highest BCUT2D eigenvalue weighted by molar-refractivity contribution is 6.31. The molecule has 0 radical (unpaired) electrons. The van der Waals surface area contributed by atoms with Crippen molar-refractivity contribution < 1.29 is 9.47 Å². The third-order valence-electron chi connectivity index (χ3n) is 3.80. The maximum Gasteiger partial charge on any atom is 0.169 e. The van der Waals surface area contributed by atoms with Crippen LogP contribution in [0.1, 0.15) is 18.4 Å². The van der Waals surface area contributed by atoms with Crippen LogP contribution < -0.4 is 5.73 Å². The van der Waals surface area contributed by atoms with Crippen LogP contribution in [0.15, 0.2) is 24.3 Å². The molecule has 4 heteroatoms. The topological polar surface area (TPSA) is 44.5 Å². The Morgan fingerprint density at radius 3 is 2.29 bits per heavy atom. The summed E-state index contributed by atoms with van der Waals surface area (Å²) in [4.78, 5) is 0. The molecule has 1 aromatic rings. The zero-order chi connectivity index (χ0) is 12.5. The third-order valence-corrected chi connectivity index (χ3v) is 4.13. The lowest BCUT2D eigenvalue weighted by atomic mass is 9.60. The molecule has 0 aromatic heterocycles. The van der Waals surface area contributed by atoms with Gasteiger partial charge in [-0.05, 0) is 11.6 Å². The van der Waals surface area contributed by atoms with Crippen LogP contribution in [0.5, 0.6) is 0 Å². The first-order valence-electron chi connectivity index (χ1n) is 5.67. The standard InChI is InChI=1S/C13H18ClNO2/c1-16-13(17-2)7-12(8-13,9-15)10-5-3-4-6-11(10)14/h3-6H,7-9,15H2,1-2H3. The van der Waals surface area contributed by atoms with Crippen LogP contribution in [0.3, 0.4) is 0 Å². The van der Waals surface area contributed by atoms with Crippen molar-refractivity contribution in [3.63, 3.8) is 0 Å². The van der Waals surface area contributed by atoms with E-state index in [0.29, 0.717) is 6.54 Å². The van der Waals surface area contributed by atoms with Gasteiger partial charge in [0.05, 0.1) is 0 Å². The summed E-state index contributed by atoms with van der Waals surface area (Å²) in [5, 5.41) is 0.763. The highest BCUT2D eigenvalue weighted by Gasteiger charge is 2.56. The summed E-state index contributed by atoms with van der Waals surface area (Å²) in [5.41, 5.74) is 6.90. The Kier molecular flexibility index (Phi) is 3.46. The molecule has 94 valence electrons. The SMILES string of the molecule is COC1(OC)CC(CN)(c2ccccc2Cl)C1. The van der Waals surface area contributed by atoms with Gasteiger partial charge >= 0.3 is 0 Å². The smallest absolute Gasteiger partial charge is 0.169 e. The number of methoxy groups -OCH3 is 2. The third kappa shape index (κ3) is 1.97. The molecule has 0 saturated heterocycles. The van der Waals surface area contributed by atoms with Gasteiger partial charge in [-0.2, -0.15) is 0 Å². The Morgan fingerprint density at radius 2 is 1.82 bits per heavy atom. The van der Waals surface area contributed by atoms with Gasteiger partial charge in [0.2, 0.25) is 0 Å². The Hall–Kier alpha value is -0.610. The van der Waals surface area contributed by atoms with E-state index in [1.165, 1.54) is 0 Å². The van der Waals surface area contributed by atoms with Crippen molar-refractivity contribution in [2.24, 2.45) is 5.73 Å². The van der Waals surface area contributed by atoms with Gasteiger partial charge in [-0.25, -0.2) is 0 Å². The fraction of sp³-hybridized carbons (Fsp3) is 0.538. The van der Waals surface area contributed by atoms with Crippen LogP contribution >= 0.6 is 11.6 Å². The average molecular weight is 256 g/mol. The molecular formula is C13H18ClNO2. The number of halogens is 1. The molecular weight excluding hydrogens is 238 g/mol. The molecule has 0 bridgehead atoms. The van der Waals surface area contributed by atoms with E-state index in [4.69, 9.17) is 26.8 Å². The second-order valence-electron chi connectivity index (χ2n) is 4.64. The molecule has 0 unspecified atom stereocenters. The molecule has 0 atom stereocenters. The Labute approximate surface area is 107 Å². The summed E-state index contributed by atoms with van der Waals surface area (Å²) < 4.78 is 10.8. The van der Waals surface area contributed by atoms with Crippen LogP contribution in [-0.2, 0) is 14.9 Å². The average Bonchev–Trinajstić information content (AvgIpc) is 2.32. The van der Waals surface area contributed by atoms with Crippen LogP contribution in [0.25, 0.3) is 0 Å². The number of ether oxygens (including phenoxy) is 2. The highest BCUT2D eigenvalue weighted by Crippen LogP contribution is 2.53. The monoisotopic (exact) mass is 255 g/mol. The number of nitrogens with two attached hydrogens (primary N) is 1. The molecule has 1 fully saturated rings. The summed E-state index contributed by atoms with van der Waals surface area (Å²) in [7, 11) is 3.33. The zero-order valence-corrected chi connectivity index (χ0v) is 11.0. The minimum absolute atomic E-state index is 0.121. The summed E-state index contributed by atoms with van der Waals surface area (Å²) >= 11 is 6.24. The first kappa shape index (κ1) is 12.8. The zero-order valence-electron chi connectivity index (χ0n) is 10.2. The van der Waals surface area contributed by atoms with E-state index in [1.807, 2.05) is 24.3 Å². The molecule has 0 amide bonds. The van der Waals surface area contributed by atoms with Crippen molar-refractivity contribution in [2.75, 3.05) is 20.8 Å². The minimum Gasteiger partial charge on any atom is -0.353 e. The summed E-state index contributed by atoms with van der Waals surface area (Å²) in [5.74, 6) is -0.501. The molecule has 3 nitrogen and oxygen atoms in total. The highest BCUT2D eigenvalue weighted by atomic mass is 35.5. The normalized spacial score (nSPS) is 20.9. The number of hydrogen-bond acceptors (Lipinski definition) is 3. The first-order chi connectivity index (χ1) is 8.11. The molecule has 1 saturated carbocycles. The molecule has 1 aliphatic carbocycles.